The van der Waals surface area contributed by atoms with Crippen LogP contribution in [0.1, 0.15) is 20.8 Å². The number of carbonyl (C=O) groups is 2. The van der Waals surface area contributed by atoms with Crippen LogP contribution in [0, 0.1) is 11.7 Å². The molecule has 158 valence electrons. The molecule has 1 aromatic carbocycles. The predicted octanol–water partition coefficient (Wildman–Crippen LogP) is 4.76. The second-order valence-corrected chi connectivity index (χ2v) is 8.24. The molecular formula is C17H18Cl2FN3O5S. The van der Waals surface area contributed by atoms with E-state index in [-0.39, 0.29) is 21.5 Å². The Morgan fingerprint density at radius 2 is 1.97 bits per heavy atom. The van der Waals surface area contributed by atoms with Crippen LogP contribution in [-0.2, 0) is 23.8 Å². The van der Waals surface area contributed by atoms with E-state index in [1.165, 1.54) is 19.9 Å². The molecule has 29 heavy (non-hydrogen) atoms. The highest BCUT2D eigenvalue weighted by molar-refractivity contribution is 7.99. The van der Waals surface area contributed by atoms with E-state index in [1.807, 2.05) is 0 Å². The fourth-order valence-corrected chi connectivity index (χ4v) is 4.37. The van der Waals surface area contributed by atoms with Gasteiger partial charge >= 0.3 is 11.9 Å². The number of azide groups is 1. The summed E-state index contributed by atoms with van der Waals surface area (Å²) in [6.07, 6.45) is -1.90. The summed E-state index contributed by atoms with van der Waals surface area (Å²) in [5.41, 5.74) is 8.25. The largest absolute Gasteiger partial charge is 0.463 e. The van der Waals surface area contributed by atoms with Gasteiger partial charge in [0.1, 0.15) is 30.1 Å². The molecule has 1 aromatic rings. The molecule has 1 fully saturated rings. The number of hydrogen-bond donors (Lipinski definition) is 0. The normalized spacial score (nSPS) is 26.3. The zero-order valence-corrected chi connectivity index (χ0v) is 18.0. The van der Waals surface area contributed by atoms with Gasteiger partial charge in [0.25, 0.3) is 0 Å². The first-order valence-corrected chi connectivity index (χ1v) is 10.1. The van der Waals surface area contributed by atoms with Crippen LogP contribution in [0.15, 0.2) is 22.1 Å². The third-order valence-electron chi connectivity index (χ3n) is 4.14. The van der Waals surface area contributed by atoms with Crippen molar-refractivity contribution < 1.29 is 28.2 Å². The summed E-state index contributed by atoms with van der Waals surface area (Å²) in [7, 11) is 0. The monoisotopic (exact) mass is 465 g/mol. The minimum Gasteiger partial charge on any atom is -0.463 e. The Hall–Kier alpha value is -1.71. The van der Waals surface area contributed by atoms with E-state index in [0.29, 0.717) is 0 Å². The molecule has 2 unspecified atom stereocenters. The van der Waals surface area contributed by atoms with Crippen molar-refractivity contribution in [2.75, 3.05) is 6.61 Å². The molecule has 0 radical (unpaired) electrons. The maximum Gasteiger partial charge on any atom is 0.303 e. The second-order valence-electron chi connectivity index (χ2n) is 6.29. The van der Waals surface area contributed by atoms with Gasteiger partial charge in [0.2, 0.25) is 0 Å². The standard InChI is InChI=1S/C17H18Cl2FN3O5S/c1-7-15(22-23-21)16(27-9(3)25)13(6-26-8(2)24)28-17(7)29-14-5-11(19)10(18)4-12(14)20/h4-5,7,13,15-17H,6H2,1-3H3/t7?,13?,15-,16+,17-/m1/s1. The first-order chi connectivity index (χ1) is 13.6. The molecule has 1 aliphatic rings. The summed E-state index contributed by atoms with van der Waals surface area (Å²) in [6.45, 7) is 3.89. The van der Waals surface area contributed by atoms with Crippen LogP contribution in [0.4, 0.5) is 4.39 Å². The molecule has 0 aliphatic carbocycles. The van der Waals surface area contributed by atoms with Crippen molar-refractivity contribution in [3.63, 3.8) is 0 Å². The lowest BCUT2D eigenvalue weighted by Gasteiger charge is -2.43. The smallest absolute Gasteiger partial charge is 0.303 e. The average Bonchev–Trinajstić information content (AvgIpc) is 2.63. The number of esters is 2. The van der Waals surface area contributed by atoms with E-state index in [9.17, 15) is 14.0 Å². The molecule has 0 aromatic heterocycles. The first-order valence-electron chi connectivity index (χ1n) is 8.45. The molecular weight excluding hydrogens is 448 g/mol. The van der Waals surface area contributed by atoms with Crippen LogP contribution >= 0.6 is 35.0 Å². The van der Waals surface area contributed by atoms with Crippen LogP contribution in [0.2, 0.25) is 10.0 Å². The maximum atomic E-state index is 14.3. The summed E-state index contributed by atoms with van der Waals surface area (Å²) >= 11 is 12.8. The highest BCUT2D eigenvalue weighted by Crippen LogP contribution is 2.41. The van der Waals surface area contributed by atoms with Gasteiger partial charge < -0.3 is 14.2 Å². The summed E-state index contributed by atoms with van der Waals surface area (Å²) in [4.78, 5) is 25.8. The number of halogens is 3. The fraction of sp³-hybridized carbons (Fsp3) is 0.529. The Morgan fingerprint density at radius 1 is 1.31 bits per heavy atom. The van der Waals surface area contributed by atoms with Gasteiger partial charge in [-0.1, -0.05) is 47.0 Å². The molecule has 5 atom stereocenters. The van der Waals surface area contributed by atoms with Gasteiger partial charge in [-0.25, -0.2) is 4.39 Å². The van der Waals surface area contributed by atoms with E-state index in [4.69, 9.17) is 42.9 Å². The molecule has 1 aliphatic heterocycles. The van der Waals surface area contributed by atoms with Crippen molar-refractivity contribution >= 4 is 46.9 Å². The van der Waals surface area contributed by atoms with Gasteiger partial charge in [0.15, 0.2) is 0 Å². The zero-order chi connectivity index (χ0) is 21.7. The third-order valence-corrected chi connectivity index (χ3v) is 6.20. The van der Waals surface area contributed by atoms with E-state index in [0.717, 1.165) is 17.8 Å². The lowest BCUT2D eigenvalue weighted by molar-refractivity contribution is -0.182. The Bertz CT molecular complexity index is 840. The third kappa shape index (κ3) is 6.13. The average molecular weight is 466 g/mol. The minimum absolute atomic E-state index is 0.0701. The van der Waals surface area contributed by atoms with Crippen molar-refractivity contribution in [3.05, 3.63) is 38.4 Å². The molecule has 12 heteroatoms. The molecule has 1 heterocycles. The van der Waals surface area contributed by atoms with Gasteiger partial charge in [-0.3, -0.25) is 9.59 Å². The quantitative estimate of drug-likeness (QED) is 0.197. The van der Waals surface area contributed by atoms with E-state index in [1.54, 1.807) is 6.92 Å². The number of thioether (sulfide) groups is 1. The van der Waals surface area contributed by atoms with Crippen molar-refractivity contribution in [2.24, 2.45) is 11.0 Å². The molecule has 0 saturated carbocycles. The van der Waals surface area contributed by atoms with Crippen LogP contribution in [0.3, 0.4) is 0 Å². The van der Waals surface area contributed by atoms with Gasteiger partial charge in [-0.05, 0) is 17.7 Å². The van der Waals surface area contributed by atoms with Crippen molar-refractivity contribution in [3.8, 4) is 0 Å². The summed E-state index contributed by atoms with van der Waals surface area (Å²) in [5, 5.41) is 3.99. The zero-order valence-electron chi connectivity index (χ0n) is 15.7. The van der Waals surface area contributed by atoms with Gasteiger partial charge in [-0.2, -0.15) is 0 Å². The number of benzene rings is 1. The topological polar surface area (TPSA) is 111 Å². The maximum absolute atomic E-state index is 14.3. The van der Waals surface area contributed by atoms with Gasteiger partial charge in [-0.15, -0.1) is 0 Å². The summed E-state index contributed by atoms with van der Waals surface area (Å²) < 4.78 is 30.6. The molecule has 0 bridgehead atoms. The second kappa shape index (κ2) is 10.4. The molecule has 1 saturated heterocycles. The Labute approximate surface area is 180 Å². The van der Waals surface area contributed by atoms with E-state index >= 15 is 0 Å². The summed E-state index contributed by atoms with van der Waals surface area (Å²) in [6, 6.07) is 1.62. The highest BCUT2D eigenvalue weighted by Gasteiger charge is 2.46. The lowest BCUT2D eigenvalue weighted by Crippen LogP contribution is -2.55. The Kier molecular flexibility index (Phi) is 8.42. The van der Waals surface area contributed by atoms with Crippen LogP contribution < -0.4 is 0 Å². The molecule has 0 amide bonds. The number of rotatable bonds is 6. The van der Waals surface area contributed by atoms with Crippen LogP contribution in [0.25, 0.3) is 10.4 Å². The highest BCUT2D eigenvalue weighted by atomic mass is 35.5. The van der Waals surface area contributed by atoms with Gasteiger partial charge in [0.05, 0.1) is 16.1 Å². The SMILES string of the molecule is CC(=O)OCC1O[C@H](Sc2cc(Cl)c(Cl)cc2F)C(C)[C@@H](N=[N+]=[N-])[C@H]1OC(C)=O. The Balaban J connectivity index is 2.35. The molecule has 2 rings (SSSR count). The molecule has 0 N–H and O–H groups in total. The van der Waals surface area contributed by atoms with Crippen molar-refractivity contribution in [2.45, 2.75) is 49.4 Å². The fourth-order valence-electron chi connectivity index (χ4n) is 2.81. The first kappa shape index (κ1) is 23.6. The minimum atomic E-state index is -0.978. The van der Waals surface area contributed by atoms with Crippen molar-refractivity contribution in [1.29, 1.82) is 0 Å². The van der Waals surface area contributed by atoms with E-state index < -0.39 is 47.4 Å². The van der Waals surface area contributed by atoms with Crippen LogP contribution in [0.5, 0.6) is 0 Å². The summed E-state index contributed by atoms with van der Waals surface area (Å²) in [5.74, 6) is -2.26. The number of nitrogens with zero attached hydrogens (tertiary/aromatic N) is 3. The van der Waals surface area contributed by atoms with E-state index in [2.05, 4.69) is 10.0 Å². The van der Waals surface area contributed by atoms with Gasteiger partial charge in [0, 0.05) is 29.6 Å². The lowest BCUT2D eigenvalue weighted by atomic mass is 9.91. The van der Waals surface area contributed by atoms with Crippen LogP contribution in [-0.4, -0.2) is 42.2 Å². The predicted molar refractivity (Wildman–Crippen MR) is 105 cm³/mol. The molecule has 0 spiro atoms. The number of carbonyl (C=O) groups excluding carboxylic acids is 2. The van der Waals surface area contributed by atoms with Crippen molar-refractivity contribution in [1.82, 2.24) is 0 Å². The Morgan fingerprint density at radius 3 is 2.55 bits per heavy atom. The molecule has 8 nitrogen and oxygen atoms in total. The number of hydrogen-bond acceptors (Lipinski definition) is 7. The number of ether oxygens (including phenoxy) is 3.